The van der Waals surface area contributed by atoms with Gasteiger partial charge < -0.3 is 10.6 Å². The van der Waals surface area contributed by atoms with Crippen molar-refractivity contribution in [1.82, 2.24) is 0 Å². The van der Waals surface area contributed by atoms with Crippen molar-refractivity contribution in [3.63, 3.8) is 0 Å². The van der Waals surface area contributed by atoms with Crippen LogP contribution in [0, 0.1) is 0 Å². The van der Waals surface area contributed by atoms with Crippen molar-refractivity contribution < 1.29 is 0 Å². The van der Waals surface area contributed by atoms with E-state index in [1.165, 1.54) is 0 Å². The molecule has 2 nitrogen and oxygen atoms in total. The van der Waals surface area contributed by atoms with E-state index < -0.39 is 0 Å². The molecule has 0 spiro atoms. The number of hydrogen-bond acceptors (Lipinski definition) is 2. The molecule has 4 rings (SSSR count). The van der Waals surface area contributed by atoms with Gasteiger partial charge in [0.05, 0.1) is 12.1 Å². The highest BCUT2D eigenvalue weighted by Crippen LogP contribution is 2.36. The minimum absolute atomic E-state index is 0.0849. The van der Waals surface area contributed by atoms with Crippen LogP contribution in [-0.4, -0.2) is 0 Å². The van der Waals surface area contributed by atoms with Gasteiger partial charge in [-0.25, -0.2) is 0 Å². The third-order valence-electron chi connectivity index (χ3n) is 5.12. The number of rotatable bonds is 7. The first-order valence-corrected chi connectivity index (χ1v) is 12.4. The Hall–Kier alpha value is -1.98. The minimum Gasteiger partial charge on any atom is -0.376 e. The molecule has 0 bridgehead atoms. The fourth-order valence-corrected chi connectivity index (χ4v) is 4.29. The smallest absolute Gasteiger partial charge is 0.0757 e. The third-order valence-corrected chi connectivity index (χ3v) is 6.69. The summed E-state index contributed by atoms with van der Waals surface area (Å²) in [6.45, 7) is 0. The molecule has 4 aromatic rings. The van der Waals surface area contributed by atoms with E-state index in [1.807, 2.05) is 48.5 Å². The van der Waals surface area contributed by atoms with E-state index in [1.54, 1.807) is 0 Å². The summed E-state index contributed by atoms with van der Waals surface area (Å²) in [5.41, 5.74) is 4.26. The van der Waals surface area contributed by atoms with Gasteiger partial charge in [-0.1, -0.05) is 79.3 Å². The quantitative estimate of drug-likeness (QED) is 0.224. The lowest BCUT2D eigenvalue weighted by atomic mass is 9.92. The number of benzene rings is 4. The second-order valence-corrected chi connectivity index (χ2v) is 10.1. The fraction of sp³-hybridized carbons (Fsp3) is 0.0769. The average Bonchev–Trinajstić information content (AvgIpc) is 2.80. The van der Waals surface area contributed by atoms with Gasteiger partial charge in [-0.05, 0) is 83.9 Å². The molecule has 0 heterocycles. The number of halogens is 4. The summed E-state index contributed by atoms with van der Waals surface area (Å²) >= 11 is 19.4. The highest BCUT2D eigenvalue weighted by atomic mass is 79.9. The Morgan fingerprint density at radius 2 is 0.781 bits per heavy atom. The molecule has 0 aliphatic carbocycles. The Bertz CT molecular complexity index is 1050. The van der Waals surface area contributed by atoms with Gasteiger partial charge in [0.2, 0.25) is 0 Å². The molecule has 0 radical (unpaired) electrons. The Morgan fingerprint density at radius 3 is 1.09 bits per heavy atom. The Labute approximate surface area is 215 Å². The maximum atomic E-state index is 6.19. The zero-order chi connectivity index (χ0) is 22.5. The van der Waals surface area contributed by atoms with E-state index in [9.17, 15) is 0 Å². The molecule has 2 atom stereocenters. The number of anilines is 2. The van der Waals surface area contributed by atoms with Crippen molar-refractivity contribution in [2.45, 2.75) is 12.1 Å². The summed E-state index contributed by atoms with van der Waals surface area (Å²) in [5, 5.41) is 8.85. The van der Waals surface area contributed by atoms with Crippen molar-refractivity contribution >= 4 is 66.4 Å². The van der Waals surface area contributed by atoms with Crippen molar-refractivity contribution in [2.24, 2.45) is 0 Å². The molecule has 6 heteroatoms. The monoisotopic (exact) mass is 588 g/mol. The van der Waals surface area contributed by atoms with Gasteiger partial charge in [0, 0.05) is 30.4 Å². The molecule has 0 amide bonds. The lowest BCUT2D eigenvalue weighted by Gasteiger charge is -2.31. The van der Waals surface area contributed by atoms with E-state index in [2.05, 4.69) is 91.0 Å². The molecule has 32 heavy (non-hydrogen) atoms. The van der Waals surface area contributed by atoms with Crippen molar-refractivity contribution in [1.29, 1.82) is 0 Å². The molecule has 0 aliphatic heterocycles. The van der Waals surface area contributed by atoms with Crippen LogP contribution < -0.4 is 10.6 Å². The molecule has 0 saturated heterocycles. The normalized spacial score (nSPS) is 12.8. The molecule has 0 aromatic heterocycles. The molecule has 4 aromatic carbocycles. The van der Waals surface area contributed by atoms with Crippen LogP contribution in [0.3, 0.4) is 0 Å². The second-order valence-electron chi connectivity index (χ2n) is 7.36. The van der Waals surface area contributed by atoms with E-state index in [0.717, 1.165) is 31.4 Å². The van der Waals surface area contributed by atoms with Crippen molar-refractivity contribution in [2.75, 3.05) is 10.6 Å². The zero-order valence-electron chi connectivity index (χ0n) is 16.9. The van der Waals surface area contributed by atoms with Crippen LogP contribution in [0.2, 0.25) is 10.0 Å². The molecular formula is C26H20Br2Cl2N2. The van der Waals surface area contributed by atoms with Gasteiger partial charge in [-0.2, -0.15) is 0 Å². The summed E-state index contributed by atoms with van der Waals surface area (Å²) in [5.74, 6) is 0. The predicted octanol–water partition coefficient (Wildman–Crippen LogP) is 9.52. The second kappa shape index (κ2) is 10.8. The van der Waals surface area contributed by atoms with Crippen LogP contribution >= 0.6 is 55.1 Å². The number of hydrogen-bond donors (Lipinski definition) is 2. The van der Waals surface area contributed by atoms with Crippen LogP contribution in [0.4, 0.5) is 11.4 Å². The van der Waals surface area contributed by atoms with Crippen LogP contribution in [0.25, 0.3) is 0 Å². The largest absolute Gasteiger partial charge is 0.376 e. The van der Waals surface area contributed by atoms with Crippen molar-refractivity contribution in [3.8, 4) is 0 Å². The highest BCUT2D eigenvalue weighted by molar-refractivity contribution is 9.10. The lowest BCUT2D eigenvalue weighted by Crippen LogP contribution is -2.25. The fourth-order valence-electron chi connectivity index (χ4n) is 3.51. The molecule has 2 N–H and O–H groups in total. The van der Waals surface area contributed by atoms with Crippen LogP contribution in [0.1, 0.15) is 23.2 Å². The van der Waals surface area contributed by atoms with Gasteiger partial charge in [-0.15, -0.1) is 0 Å². The molecule has 0 fully saturated rings. The molecule has 0 saturated carbocycles. The summed E-state index contributed by atoms with van der Waals surface area (Å²) in [7, 11) is 0. The van der Waals surface area contributed by atoms with E-state index >= 15 is 0 Å². The van der Waals surface area contributed by atoms with Crippen LogP contribution in [0.5, 0.6) is 0 Å². The van der Waals surface area contributed by atoms with Crippen LogP contribution in [0.15, 0.2) is 106 Å². The van der Waals surface area contributed by atoms with Gasteiger partial charge in [-0.3, -0.25) is 0 Å². The van der Waals surface area contributed by atoms with E-state index in [4.69, 9.17) is 23.2 Å². The first kappa shape index (κ1) is 23.2. The Kier molecular flexibility index (Phi) is 7.80. The molecular weight excluding hydrogens is 571 g/mol. The van der Waals surface area contributed by atoms with Crippen molar-refractivity contribution in [3.05, 3.63) is 127 Å². The number of nitrogens with one attached hydrogen (secondary N) is 2. The standard InChI is InChI=1S/C26H20Br2Cl2N2/c27-19-5-13-23(14-6-19)31-25(17-1-9-21(29)10-2-17)26(18-3-11-22(30)12-4-18)32-24-15-7-20(28)8-16-24/h1-16,25-26,31-32H/t25-,26-/m0/s1. The third kappa shape index (κ3) is 6.08. The molecule has 0 aliphatic rings. The maximum Gasteiger partial charge on any atom is 0.0757 e. The van der Waals surface area contributed by atoms with E-state index in [-0.39, 0.29) is 12.1 Å². The van der Waals surface area contributed by atoms with Crippen LogP contribution in [-0.2, 0) is 0 Å². The summed E-state index contributed by atoms with van der Waals surface area (Å²) in [4.78, 5) is 0. The summed E-state index contributed by atoms with van der Waals surface area (Å²) in [6, 6.07) is 32.1. The minimum atomic E-state index is -0.0849. The Balaban J connectivity index is 1.78. The van der Waals surface area contributed by atoms with E-state index in [0.29, 0.717) is 10.0 Å². The first-order chi connectivity index (χ1) is 15.5. The summed E-state index contributed by atoms with van der Waals surface area (Å²) < 4.78 is 2.07. The van der Waals surface area contributed by atoms with Gasteiger partial charge in [0.15, 0.2) is 0 Å². The van der Waals surface area contributed by atoms with Gasteiger partial charge >= 0.3 is 0 Å². The lowest BCUT2D eigenvalue weighted by molar-refractivity contribution is 0.650. The molecule has 0 unspecified atom stereocenters. The summed E-state index contributed by atoms with van der Waals surface area (Å²) in [6.07, 6.45) is 0. The first-order valence-electron chi connectivity index (χ1n) is 10.0. The highest BCUT2D eigenvalue weighted by Gasteiger charge is 2.25. The topological polar surface area (TPSA) is 24.1 Å². The van der Waals surface area contributed by atoms with Gasteiger partial charge in [0.25, 0.3) is 0 Å². The predicted molar refractivity (Wildman–Crippen MR) is 144 cm³/mol. The SMILES string of the molecule is Clc1ccc([C@H](Nc2ccc(Br)cc2)[C@@H](Nc2ccc(Br)cc2)c2ccc(Cl)cc2)cc1. The Morgan fingerprint density at radius 1 is 0.469 bits per heavy atom. The molecule has 162 valence electrons. The maximum absolute atomic E-state index is 6.19. The van der Waals surface area contributed by atoms with Gasteiger partial charge in [0.1, 0.15) is 0 Å². The zero-order valence-corrected chi connectivity index (χ0v) is 21.6. The average molecular weight is 591 g/mol.